The number of aliphatic hydroxyl groups is 1. The number of carbonyl (C=O) groups is 1. The highest BCUT2D eigenvalue weighted by Crippen LogP contribution is 2.43. The summed E-state index contributed by atoms with van der Waals surface area (Å²) in [6.45, 7) is 1.05. The Morgan fingerprint density at radius 2 is 2.33 bits per heavy atom. The Hall–Kier alpha value is -2.00. The number of H-pyrrole nitrogens is 1. The second kappa shape index (κ2) is 5.41. The number of rotatable bonds is 3. The molecule has 1 aliphatic rings. The van der Waals surface area contributed by atoms with Crippen molar-refractivity contribution in [3.05, 3.63) is 32.9 Å². The van der Waals surface area contributed by atoms with E-state index in [9.17, 15) is 23.9 Å². The van der Waals surface area contributed by atoms with Gasteiger partial charge in [-0.05, 0) is 6.92 Å². The number of nitrogens with one attached hydrogen (secondary N) is 1. The highest BCUT2D eigenvalue weighted by atomic mass is 19.1. The summed E-state index contributed by atoms with van der Waals surface area (Å²) >= 11 is 0. The Balaban J connectivity index is 2.41. The maximum absolute atomic E-state index is 13.3. The van der Waals surface area contributed by atoms with Crippen LogP contribution in [0.2, 0.25) is 0 Å². The largest absolute Gasteiger partial charge is 0.469 e. The van der Waals surface area contributed by atoms with Gasteiger partial charge in [0.1, 0.15) is 6.23 Å². The fourth-order valence-electron chi connectivity index (χ4n) is 2.41. The van der Waals surface area contributed by atoms with Gasteiger partial charge in [0.25, 0.3) is 5.56 Å². The molecule has 1 aliphatic heterocycles. The second-order valence-corrected chi connectivity index (χ2v) is 5.02. The molecule has 1 aromatic heterocycles. The van der Waals surface area contributed by atoms with E-state index in [0.717, 1.165) is 4.57 Å². The topological polar surface area (TPSA) is 111 Å². The van der Waals surface area contributed by atoms with Gasteiger partial charge in [-0.2, -0.15) is 4.39 Å². The van der Waals surface area contributed by atoms with E-state index < -0.39 is 47.4 Å². The number of methoxy groups -OCH3 is 1. The van der Waals surface area contributed by atoms with Crippen LogP contribution < -0.4 is 11.2 Å². The van der Waals surface area contributed by atoms with Crippen LogP contribution >= 0.6 is 0 Å². The molecule has 2 rings (SSSR count). The Bertz CT molecular complexity index is 668. The molecule has 2 N–H and O–H groups in total. The van der Waals surface area contributed by atoms with Gasteiger partial charge in [-0.1, -0.05) is 0 Å². The lowest BCUT2D eigenvalue weighted by molar-refractivity contribution is -0.156. The second-order valence-electron chi connectivity index (χ2n) is 5.02. The lowest BCUT2D eigenvalue weighted by Crippen LogP contribution is -2.39. The van der Waals surface area contributed by atoms with Gasteiger partial charge in [0.15, 0.2) is 0 Å². The number of nitrogens with zero attached hydrogens (tertiary/aromatic N) is 1. The zero-order valence-electron chi connectivity index (χ0n) is 11.5. The molecule has 9 heteroatoms. The molecule has 0 spiro atoms. The highest BCUT2D eigenvalue weighted by Gasteiger charge is 2.52. The molecular weight excluding hydrogens is 287 g/mol. The van der Waals surface area contributed by atoms with Crippen LogP contribution in [0, 0.1) is 11.2 Å². The summed E-state index contributed by atoms with van der Waals surface area (Å²) in [7, 11) is 1.20. The number of hydrogen-bond donors (Lipinski definition) is 2. The van der Waals surface area contributed by atoms with Crippen LogP contribution in [0.15, 0.2) is 15.8 Å². The zero-order valence-corrected chi connectivity index (χ0v) is 11.5. The quantitative estimate of drug-likeness (QED) is 0.703. The third-order valence-electron chi connectivity index (χ3n) is 3.68. The Morgan fingerprint density at radius 1 is 1.67 bits per heavy atom. The van der Waals surface area contributed by atoms with Crippen LogP contribution in [-0.4, -0.2) is 40.4 Å². The molecule has 2 heterocycles. The molecule has 0 amide bonds. The molecule has 116 valence electrons. The van der Waals surface area contributed by atoms with Crippen molar-refractivity contribution in [3.8, 4) is 0 Å². The van der Waals surface area contributed by atoms with E-state index in [-0.39, 0.29) is 6.42 Å². The van der Waals surface area contributed by atoms with Gasteiger partial charge < -0.3 is 14.6 Å². The van der Waals surface area contributed by atoms with E-state index in [1.807, 2.05) is 0 Å². The molecule has 3 atom stereocenters. The van der Waals surface area contributed by atoms with E-state index in [0.29, 0.717) is 6.20 Å². The summed E-state index contributed by atoms with van der Waals surface area (Å²) in [5, 5.41) is 9.33. The van der Waals surface area contributed by atoms with Gasteiger partial charge in [0, 0.05) is 6.42 Å². The van der Waals surface area contributed by atoms with Gasteiger partial charge in [0.05, 0.1) is 31.4 Å². The monoisotopic (exact) mass is 302 g/mol. The molecule has 8 nitrogen and oxygen atoms in total. The first-order valence-electron chi connectivity index (χ1n) is 6.19. The summed E-state index contributed by atoms with van der Waals surface area (Å²) in [6, 6.07) is 0. The van der Waals surface area contributed by atoms with Gasteiger partial charge in [-0.15, -0.1) is 0 Å². The third-order valence-corrected chi connectivity index (χ3v) is 3.68. The van der Waals surface area contributed by atoms with E-state index in [1.165, 1.54) is 14.0 Å². The minimum absolute atomic E-state index is 0.00368. The number of ether oxygens (including phenoxy) is 2. The molecule has 0 aliphatic carbocycles. The maximum atomic E-state index is 13.3. The van der Waals surface area contributed by atoms with Crippen molar-refractivity contribution in [2.24, 2.45) is 5.41 Å². The van der Waals surface area contributed by atoms with Crippen LogP contribution in [0.25, 0.3) is 0 Å². The first-order valence-corrected chi connectivity index (χ1v) is 6.19. The summed E-state index contributed by atoms with van der Waals surface area (Å²) in [6.07, 6.45) is -1.19. The minimum atomic E-state index is -1.18. The normalized spacial score (nSPS) is 28.6. The average molecular weight is 302 g/mol. The Morgan fingerprint density at radius 3 is 2.90 bits per heavy atom. The molecule has 1 aromatic rings. The fourth-order valence-corrected chi connectivity index (χ4v) is 2.41. The van der Waals surface area contributed by atoms with E-state index >= 15 is 0 Å². The van der Waals surface area contributed by atoms with Gasteiger partial charge in [-0.25, -0.2) is 4.79 Å². The van der Waals surface area contributed by atoms with E-state index in [4.69, 9.17) is 4.74 Å². The molecule has 0 radical (unpaired) electrons. The highest BCUT2D eigenvalue weighted by molar-refractivity contribution is 5.77. The minimum Gasteiger partial charge on any atom is -0.469 e. The molecule has 21 heavy (non-hydrogen) atoms. The maximum Gasteiger partial charge on any atom is 0.330 e. The SMILES string of the molecule is COC(=O)C1(C)C[C@H](n2cc(F)c(=O)[nH]c2=O)O[C@@H]1CO. The Labute approximate surface area is 118 Å². The van der Waals surface area contributed by atoms with Gasteiger partial charge >= 0.3 is 11.7 Å². The number of hydrogen-bond acceptors (Lipinski definition) is 6. The predicted octanol–water partition coefficient (Wildman–Crippen LogP) is -0.865. The van der Waals surface area contributed by atoms with Crippen molar-refractivity contribution in [1.29, 1.82) is 0 Å². The molecular formula is C12H15FN2O6. The predicted molar refractivity (Wildman–Crippen MR) is 67.0 cm³/mol. The smallest absolute Gasteiger partial charge is 0.330 e. The molecule has 0 saturated carbocycles. The average Bonchev–Trinajstić information content (AvgIpc) is 2.80. The fraction of sp³-hybridized carbons (Fsp3) is 0.583. The van der Waals surface area contributed by atoms with E-state index in [2.05, 4.69) is 4.74 Å². The van der Waals surface area contributed by atoms with Crippen LogP contribution in [0.4, 0.5) is 4.39 Å². The number of esters is 1. The van der Waals surface area contributed by atoms with E-state index in [1.54, 1.807) is 4.98 Å². The summed E-state index contributed by atoms with van der Waals surface area (Å²) in [5.41, 5.74) is -3.18. The summed E-state index contributed by atoms with van der Waals surface area (Å²) in [4.78, 5) is 36.4. The molecule has 0 aromatic carbocycles. The van der Waals surface area contributed by atoms with Crippen molar-refractivity contribution in [2.75, 3.05) is 13.7 Å². The summed E-state index contributed by atoms with van der Waals surface area (Å²) < 4.78 is 24.3. The van der Waals surface area contributed by atoms with Crippen molar-refractivity contribution in [1.82, 2.24) is 9.55 Å². The van der Waals surface area contributed by atoms with Crippen molar-refractivity contribution in [2.45, 2.75) is 25.7 Å². The van der Waals surface area contributed by atoms with Crippen molar-refractivity contribution < 1.29 is 23.8 Å². The lowest BCUT2D eigenvalue weighted by Gasteiger charge is -2.24. The number of aromatic amines is 1. The summed E-state index contributed by atoms with van der Waals surface area (Å²) in [5.74, 6) is -1.76. The van der Waals surface area contributed by atoms with Crippen molar-refractivity contribution >= 4 is 5.97 Å². The first-order chi connectivity index (χ1) is 9.83. The van der Waals surface area contributed by atoms with Crippen LogP contribution in [0.5, 0.6) is 0 Å². The number of aliphatic hydroxyl groups excluding tert-OH is 1. The van der Waals surface area contributed by atoms with Crippen LogP contribution in [0.1, 0.15) is 19.6 Å². The van der Waals surface area contributed by atoms with Gasteiger partial charge in [-0.3, -0.25) is 19.1 Å². The number of aromatic nitrogens is 2. The number of carbonyl (C=O) groups excluding carboxylic acids is 1. The third kappa shape index (κ3) is 2.49. The lowest BCUT2D eigenvalue weighted by atomic mass is 9.83. The molecule has 1 fully saturated rings. The van der Waals surface area contributed by atoms with Gasteiger partial charge in [0.2, 0.25) is 5.82 Å². The Kier molecular flexibility index (Phi) is 3.97. The van der Waals surface area contributed by atoms with Crippen LogP contribution in [0.3, 0.4) is 0 Å². The number of halogens is 1. The molecule has 1 saturated heterocycles. The molecule has 1 unspecified atom stereocenters. The zero-order chi connectivity index (χ0) is 15.8. The standard InChI is InChI=1S/C12H15FN2O6/c1-12(10(18)20-2)3-8(21-7(12)5-16)15-4-6(13)9(17)14-11(15)19/h4,7-8,16H,3,5H2,1-2H3,(H,14,17,19)/t7-,8-,12?/m1/s1. The molecule has 0 bridgehead atoms. The first kappa shape index (κ1) is 15.4. The van der Waals surface area contributed by atoms with Crippen molar-refractivity contribution in [3.63, 3.8) is 0 Å². The van der Waals surface area contributed by atoms with Crippen LogP contribution in [-0.2, 0) is 14.3 Å².